The summed E-state index contributed by atoms with van der Waals surface area (Å²) in [5.74, 6) is 0.321. The van der Waals surface area contributed by atoms with Crippen molar-refractivity contribution in [3.8, 4) is 5.75 Å². The second-order valence-corrected chi connectivity index (χ2v) is 7.50. The number of hydrogen-bond acceptors (Lipinski definition) is 4. The first-order valence-corrected chi connectivity index (χ1v) is 10.4. The van der Waals surface area contributed by atoms with Gasteiger partial charge < -0.3 is 19.5 Å². The maximum absolute atomic E-state index is 12.3. The summed E-state index contributed by atoms with van der Waals surface area (Å²) in [6, 6.07) is 18.8. The molecule has 1 unspecified atom stereocenters. The van der Waals surface area contributed by atoms with Crippen LogP contribution in [-0.4, -0.2) is 54.8 Å². The average molecular weight is 411 g/mol. The summed E-state index contributed by atoms with van der Waals surface area (Å²) in [4.78, 5) is 24.6. The molecule has 0 radical (unpaired) electrons. The van der Waals surface area contributed by atoms with Gasteiger partial charge in [-0.1, -0.05) is 42.5 Å². The third kappa shape index (κ3) is 5.83. The third-order valence-electron chi connectivity index (χ3n) is 5.52. The standard InChI is InChI=1S/C24H29NO5/c1-2-30-21-10-8-19(9-11-21)24(18-6-4-3-5-7-18)20-12-14-25(15-13-20)22(26)16-29-17-23(27)28/h3-11,20,24H,2,12-17H2,1H3,(H,27,28). The molecule has 6 heteroatoms. The third-order valence-corrected chi connectivity index (χ3v) is 5.52. The number of carboxylic acids is 1. The van der Waals surface area contributed by atoms with Gasteiger partial charge in [-0.3, -0.25) is 4.79 Å². The number of benzene rings is 2. The monoisotopic (exact) mass is 411 g/mol. The maximum atomic E-state index is 12.3. The van der Waals surface area contributed by atoms with Crippen molar-refractivity contribution in [2.45, 2.75) is 25.7 Å². The molecule has 6 nitrogen and oxygen atoms in total. The molecule has 1 saturated heterocycles. The minimum atomic E-state index is -1.07. The summed E-state index contributed by atoms with van der Waals surface area (Å²) in [6.07, 6.45) is 1.77. The van der Waals surface area contributed by atoms with E-state index in [1.165, 1.54) is 11.1 Å². The zero-order chi connectivity index (χ0) is 21.3. The molecule has 0 spiro atoms. The van der Waals surface area contributed by atoms with E-state index >= 15 is 0 Å². The van der Waals surface area contributed by atoms with Gasteiger partial charge in [-0.15, -0.1) is 0 Å². The summed E-state index contributed by atoms with van der Waals surface area (Å²) in [5.41, 5.74) is 2.52. The molecule has 0 aliphatic carbocycles. The van der Waals surface area contributed by atoms with Crippen LogP contribution in [0.1, 0.15) is 36.8 Å². The average Bonchev–Trinajstić information content (AvgIpc) is 2.76. The predicted octanol–water partition coefficient (Wildman–Crippen LogP) is 3.56. The lowest BCUT2D eigenvalue weighted by atomic mass is 9.76. The summed E-state index contributed by atoms with van der Waals surface area (Å²) in [6.45, 7) is 3.29. The number of hydrogen-bond donors (Lipinski definition) is 1. The van der Waals surface area contributed by atoms with Gasteiger partial charge in [-0.25, -0.2) is 4.79 Å². The largest absolute Gasteiger partial charge is 0.494 e. The summed E-state index contributed by atoms with van der Waals surface area (Å²) >= 11 is 0. The molecule has 3 rings (SSSR count). The Labute approximate surface area is 177 Å². The van der Waals surface area contributed by atoms with Crippen LogP contribution in [0.2, 0.25) is 0 Å². The minimum Gasteiger partial charge on any atom is -0.494 e. The molecule has 160 valence electrons. The zero-order valence-corrected chi connectivity index (χ0v) is 17.3. The fourth-order valence-corrected chi connectivity index (χ4v) is 4.13. The predicted molar refractivity (Wildman–Crippen MR) is 114 cm³/mol. The Hall–Kier alpha value is -2.86. The number of ether oxygens (including phenoxy) is 2. The van der Waals surface area contributed by atoms with Gasteiger partial charge in [0.2, 0.25) is 5.91 Å². The van der Waals surface area contributed by atoms with E-state index in [0.29, 0.717) is 25.6 Å². The fraction of sp³-hybridized carbons (Fsp3) is 0.417. The molecule has 1 atom stereocenters. The summed E-state index contributed by atoms with van der Waals surface area (Å²) in [7, 11) is 0. The number of aliphatic carboxylic acids is 1. The molecule has 0 bridgehead atoms. The van der Waals surface area contributed by atoms with Gasteiger partial charge >= 0.3 is 5.97 Å². The van der Waals surface area contributed by atoms with E-state index in [9.17, 15) is 9.59 Å². The summed E-state index contributed by atoms with van der Waals surface area (Å²) < 4.78 is 10.5. The molecule has 2 aromatic carbocycles. The van der Waals surface area contributed by atoms with Gasteiger partial charge in [-0.05, 0) is 48.9 Å². The molecule has 1 fully saturated rings. The molecule has 1 amide bonds. The van der Waals surface area contributed by atoms with E-state index in [-0.39, 0.29) is 18.4 Å². The fourth-order valence-electron chi connectivity index (χ4n) is 4.13. The van der Waals surface area contributed by atoms with E-state index in [4.69, 9.17) is 14.6 Å². The molecule has 1 heterocycles. The van der Waals surface area contributed by atoms with E-state index in [2.05, 4.69) is 36.4 Å². The number of rotatable bonds is 9. The molecule has 0 saturated carbocycles. The Bertz CT molecular complexity index is 813. The van der Waals surface area contributed by atoms with Crippen molar-refractivity contribution in [2.75, 3.05) is 32.9 Å². The van der Waals surface area contributed by atoms with Crippen LogP contribution in [0.15, 0.2) is 54.6 Å². The highest BCUT2D eigenvalue weighted by Gasteiger charge is 2.30. The van der Waals surface area contributed by atoms with Gasteiger partial charge in [-0.2, -0.15) is 0 Å². The van der Waals surface area contributed by atoms with Crippen LogP contribution in [-0.2, 0) is 14.3 Å². The van der Waals surface area contributed by atoms with E-state index < -0.39 is 12.6 Å². The van der Waals surface area contributed by atoms with E-state index in [0.717, 1.165) is 18.6 Å². The lowest BCUT2D eigenvalue weighted by molar-refractivity contribution is -0.146. The normalized spacial score (nSPS) is 15.6. The molecular weight excluding hydrogens is 382 g/mol. The molecule has 0 aromatic heterocycles. The highest BCUT2D eigenvalue weighted by Crippen LogP contribution is 2.38. The van der Waals surface area contributed by atoms with Crippen LogP contribution in [0.3, 0.4) is 0 Å². The van der Waals surface area contributed by atoms with Crippen LogP contribution in [0, 0.1) is 5.92 Å². The number of nitrogens with zero attached hydrogens (tertiary/aromatic N) is 1. The topological polar surface area (TPSA) is 76.1 Å². The van der Waals surface area contributed by atoms with Crippen molar-refractivity contribution in [1.82, 2.24) is 4.90 Å². The number of carbonyl (C=O) groups excluding carboxylic acids is 1. The van der Waals surface area contributed by atoms with Gasteiger partial charge in [0.05, 0.1) is 6.61 Å². The second-order valence-electron chi connectivity index (χ2n) is 7.50. The van der Waals surface area contributed by atoms with Crippen molar-refractivity contribution >= 4 is 11.9 Å². The highest BCUT2D eigenvalue weighted by atomic mass is 16.5. The van der Waals surface area contributed by atoms with Crippen molar-refractivity contribution < 1.29 is 24.2 Å². The van der Waals surface area contributed by atoms with Crippen LogP contribution in [0.25, 0.3) is 0 Å². The van der Waals surface area contributed by atoms with Gasteiger partial charge in [0.25, 0.3) is 0 Å². The smallest absolute Gasteiger partial charge is 0.329 e. The van der Waals surface area contributed by atoms with Crippen LogP contribution in [0.4, 0.5) is 0 Å². The van der Waals surface area contributed by atoms with Gasteiger partial charge in [0, 0.05) is 19.0 Å². The van der Waals surface area contributed by atoms with Crippen molar-refractivity contribution in [1.29, 1.82) is 0 Å². The summed E-state index contributed by atoms with van der Waals surface area (Å²) in [5, 5.41) is 8.64. The van der Waals surface area contributed by atoms with Gasteiger partial charge in [0.1, 0.15) is 19.0 Å². The number of likely N-dealkylation sites (tertiary alicyclic amines) is 1. The molecule has 1 aliphatic rings. The first-order chi connectivity index (χ1) is 14.6. The number of piperidine rings is 1. The lowest BCUT2D eigenvalue weighted by Gasteiger charge is -2.36. The quantitative estimate of drug-likeness (QED) is 0.683. The van der Waals surface area contributed by atoms with Crippen molar-refractivity contribution in [3.05, 3.63) is 65.7 Å². The van der Waals surface area contributed by atoms with Crippen LogP contribution < -0.4 is 4.74 Å². The SMILES string of the molecule is CCOc1ccc(C(c2ccccc2)C2CCN(C(=O)COCC(=O)O)CC2)cc1. The Kier molecular flexibility index (Phi) is 7.85. The van der Waals surface area contributed by atoms with Crippen LogP contribution >= 0.6 is 0 Å². The minimum absolute atomic E-state index is 0.146. The maximum Gasteiger partial charge on any atom is 0.329 e. The Morgan fingerprint density at radius 2 is 1.63 bits per heavy atom. The molecular formula is C24H29NO5. The van der Waals surface area contributed by atoms with Crippen LogP contribution in [0.5, 0.6) is 5.75 Å². The first kappa shape index (κ1) is 21.8. The number of carboxylic acid groups (broad SMARTS) is 1. The molecule has 1 aliphatic heterocycles. The second kappa shape index (κ2) is 10.8. The Balaban J connectivity index is 1.68. The van der Waals surface area contributed by atoms with E-state index in [1.807, 2.05) is 25.1 Å². The number of carbonyl (C=O) groups is 2. The van der Waals surface area contributed by atoms with Crippen molar-refractivity contribution in [3.63, 3.8) is 0 Å². The zero-order valence-electron chi connectivity index (χ0n) is 17.3. The lowest BCUT2D eigenvalue weighted by Crippen LogP contribution is -2.41. The highest BCUT2D eigenvalue weighted by molar-refractivity contribution is 5.78. The van der Waals surface area contributed by atoms with E-state index in [1.54, 1.807) is 4.90 Å². The first-order valence-electron chi connectivity index (χ1n) is 10.4. The molecule has 30 heavy (non-hydrogen) atoms. The Morgan fingerprint density at radius 1 is 1.00 bits per heavy atom. The Morgan fingerprint density at radius 3 is 2.23 bits per heavy atom. The van der Waals surface area contributed by atoms with Gasteiger partial charge in [0.15, 0.2) is 0 Å². The van der Waals surface area contributed by atoms with Crippen molar-refractivity contribution in [2.24, 2.45) is 5.92 Å². The molecule has 2 aromatic rings. The molecule has 1 N–H and O–H groups in total. The number of amides is 1.